The highest BCUT2D eigenvalue weighted by atomic mass is 32.2. The summed E-state index contributed by atoms with van der Waals surface area (Å²) in [4.78, 5) is 2.46. The van der Waals surface area contributed by atoms with Crippen LogP contribution in [0.1, 0.15) is 22.5 Å². The number of hydrogen-bond donors (Lipinski definition) is 1. The minimum absolute atomic E-state index is 0.264. The van der Waals surface area contributed by atoms with E-state index in [4.69, 9.17) is 4.42 Å². The predicted octanol–water partition coefficient (Wildman–Crippen LogP) is 2.52. The normalized spacial score (nSPS) is 11.9. The second-order valence-corrected chi connectivity index (χ2v) is 6.19. The number of sulfonamides is 1. The van der Waals surface area contributed by atoms with Gasteiger partial charge in [-0.05, 0) is 44.0 Å². The van der Waals surface area contributed by atoms with Crippen molar-refractivity contribution in [2.75, 3.05) is 0 Å². The van der Waals surface area contributed by atoms with Crippen LogP contribution in [0.3, 0.4) is 0 Å². The molecule has 0 fully saturated rings. The molecule has 0 bridgehead atoms. The van der Waals surface area contributed by atoms with E-state index in [2.05, 4.69) is 9.93 Å². The van der Waals surface area contributed by atoms with E-state index in [0.717, 1.165) is 5.56 Å². The van der Waals surface area contributed by atoms with Crippen LogP contribution in [0.2, 0.25) is 0 Å². The summed E-state index contributed by atoms with van der Waals surface area (Å²) < 4.78 is 29.5. The van der Waals surface area contributed by atoms with E-state index in [9.17, 15) is 8.42 Å². The van der Waals surface area contributed by atoms with Gasteiger partial charge in [0.05, 0.1) is 17.4 Å². The third-order valence-corrected chi connectivity index (χ3v) is 4.31. The smallest absolute Gasteiger partial charge is 0.277 e. The zero-order chi connectivity index (χ0) is 14.8. The van der Waals surface area contributed by atoms with Crippen molar-refractivity contribution in [2.24, 2.45) is 5.10 Å². The first-order chi connectivity index (χ1) is 9.40. The summed E-state index contributed by atoms with van der Waals surface area (Å²) >= 11 is 0. The monoisotopic (exact) mass is 292 g/mol. The number of nitrogens with zero attached hydrogens (tertiary/aromatic N) is 1. The van der Waals surface area contributed by atoms with Crippen molar-refractivity contribution in [1.29, 1.82) is 0 Å². The molecule has 0 saturated carbocycles. The molecule has 2 aromatic rings. The molecule has 2 rings (SSSR count). The number of hydrogen-bond acceptors (Lipinski definition) is 4. The third-order valence-electron chi connectivity index (χ3n) is 2.78. The molecule has 0 atom stereocenters. The highest BCUT2D eigenvalue weighted by molar-refractivity contribution is 7.89. The first-order valence-corrected chi connectivity index (χ1v) is 7.55. The summed E-state index contributed by atoms with van der Waals surface area (Å²) in [5, 5.41) is 3.71. The van der Waals surface area contributed by atoms with Crippen LogP contribution in [0.5, 0.6) is 0 Å². The Bertz CT molecular complexity index is 709. The van der Waals surface area contributed by atoms with Crippen LogP contribution in [0.25, 0.3) is 0 Å². The molecule has 0 saturated heterocycles. The summed E-state index contributed by atoms with van der Waals surface area (Å²) in [6, 6.07) is 7.04. The zero-order valence-electron chi connectivity index (χ0n) is 11.5. The van der Waals surface area contributed by atoms with Crippen molar-refractivity contribution in [3.05, 3.63) is 53.0 Å². The molecule has 0 amide bonds. The Morgan fingerprint density at radius 3 is 2.40 bits per heavy atom. The van der Waals surface area contributed by atoms with Crippen molar-refractivity contribution >= 4 is 16.2 Å². The van der Waals surface area contributed by atoms with Crippen molar-refractivity contribution < 1.29 is 12.8 Å². The zero-order valence-corrected chi connectivity index (χ0v) is 12.4. The quantitative estimate of drug-likeness (QED) is 0.695. The molecular formula is C14H16N2O3S. The number of furan rings is 1. The van der Waals surface area contributed by atoms with E-state index < -0.39 is 10.0 Å². The molecule has 1 aromatic carbocycles. The summed E-state index contributed by atoms with van der Waals surface area (Å²) in [5.41, 5.74) is 2.42. The maximum absolute atomic E-state index is 12.3. The molecule has 0 radical (unpaired) electrons. The topological polar surface area (TPSA) is 71.7 Å². The molecule has 106 valence electrons. The fourth-order valence-electron chi connectivity index (χ4n) is 2.16. The average Bonchev–Trinajstić information content (AvgIpc) is 2.79. The van der Waals surface area contributed by atoms with Crippen LogP contribution in [-0.4, -0.2) is 14.6 Å². The number of benzene rings is 1. The van der Waals surface area contributed by atoms with E-state index in [0.29, 0.717) is 16.9 Å². The van der Waals surface area contributed by atoms with Gasteiger partial charge in [0.15, 0.2) is 0 Å². The second kappa shape index (κ2) is 5.50. The molecule has 0 aliphatic carbocycles. The van der Waals surface area contributed by atoms with E-state index in [1.165, 1.54) is 12.5 Å². The summed E-state index contributed by atoms with van der Waals surface area (Å²) in [6.45, 7) is 5.47. The molecule has 5 nitrogen and oxygen atoms in total. The first-order valence-electron chi connectivity index (χ1n) is 6.06. The molecule has 1 aromatic heterocycles. The Morgan fingerprint density at radius 2 is 1.85 bits per heavy atom. The van der Waals surface area contributed by atoms with E-state index >= 15 is 0 Å². The van der Waals surface area contributed by atoms with Gasteiger partial charge in [0.2, 0.25) is 0 Å². The van der Waals surface area contributed by atoms with Crippen LogP contribution >= 0.6 is 0 Å². The van der Waals surface area contributed by atoms with Crippen LogP contribution in [-0.2, 0) is 10.0 Å². The molecule has 6 heteroatoms. The van der Waals surface area contributed by atoms with Gasteiger partial charge in [0.1, 0.15) is 5.76 Å². The lowest BCUT2D eigenvalue weighted by molar-refractivity contribution is 0.559. The average molecular weight is 292 g/mol. The van der Waals surface area contributed by atoms with Crippen LogP contribution in [0, 0.1) is 20.8 Å². The minimum Gasteiger partial charge on any atom is -0.463 e. The Hall–Kier alpha value is -2.08. The molecule has 0 unspecified atom stereocenters. The van der Waals surface area contributed by atoms with Gasteiger partial charge in [0.25, 0.3) is 10.0 Å². The second-order valence-electron chi connectivity index (χ2n) is 4.60. The summed E-state index contributed by atoms with van der Waals surface area (Å²) in [6.07, 6.45) is 2.81. The molecule has 1 N–H and O–H groups in total. The number of rotatable bonds is 4. The third kappa shape index (κ3) is 3.08. The van der Waals surface area contributed by atoms with Gasteiger partial charge in [-0.3, -0.25) is 0 Å². The number of hydrazone groups is 1. The lowest BCUT2D eigenvalue weighted by atomic mass is 10.1. The molecule has 20 heavy (non-hydrogen) atoms. The standard InChI is InChI=1S/C14H16N2O3S/c1-10-7-11(2)14(12(3)8-10)20(17,18)16-15-9-13-5-4-6-19-13/h4-9,16H,1-3H3/b15-9+. The van der Waals surface area contributed by atoms with Crippen molar-refractivity contribution in [3.8, 4) is 0 Å². The molecule has 0 spiro atoms. The van der Waals surface area contributed by atoms with Crippen LogP contribution in [0.15, 0.2) is 44.9 Å². The van der Waals surface area contributed by atoms with Crippen LogP contribution in [0.4, 0.5) is 0 Å². The molecule has 0 aliphatic rings. The summed E-state index contributed by atoms with van der Waals surface area (Å²) in [7, 11) is -3.68. The highest BCUT2D eigenvalue weighted by Crippen LogP contribution is 2.21. The van der Waals surface area contributed by atoms with Crippen LogP contribution < -0.4 is 4.83 Å². The predicted molar refractivity (Wildman–Crippen MR) is 77.3 cm³/mol. The lowest BCUT2D eigenvalue weighted by Crippen LogP contribution is -2.20. The van der Waals surface area contributed by atoms with Gasteiger partial charge in [-0.15, -0.1) is 0 Å². The Balaban J connectivity index is 2.27. The van der Waals surface area contributed by atoms with Crippen molar-refractivity contribution in [2.45, 2.75) is 25.7 Å². The highest BCUT2D eigenvalue weighted by Gasteiger charge is 2.18. The molecule has 1 heterocycles. The van der Waals surface area contributed by atoms with Gasteiger partial charge in [-0.2, -0.15) is 18.4 Å². The van der Waals surface area contributed by atoms with Gasteiger partial charge in [-0.1, -0.05) is 17.7 Å². The van der Waals surface area contributed by atoms with Gasteiger partial charge in [0, 0.05) is 0 Å². The maximum atomic E-state index is 12.3. The molecule has 0 aliphatic heterocycles. The fourth-order valence-corrected chi connectivity index (χ4v) is 3.41. The Kier molecular flexibility index (Phi) is 3.94. The number of nitrogens with one attached hydrogen (secondary N) is 1. The van der Waals surface area contributed by atoms with Crippen molar-refractivity contribution in [1.82, 2.24) is 4.83 Å². The SMILES string of the molecule is Cc1cc(C)c(S(=O)(=O)N/N=C/c2ccco2)c(C)c1. The van der Waals surface area contributed by atoms with E-state index in [1.807, 2.05) is 19.1 Å². The Morgan fingerprint density at radius 1 is 1.20 bits per heavy atom. The minimum atomic E-state index is -3.68. The van der Waals surface area contributed by atoms with Crippen molar-refractivity contribution in [3.63, 3.8) is 0 Å². The Labute approximate surface area is 118 Å². The molecular weight excluding hydrogens is 276 g/mol. The largest absolute Gasteiger partial charge is 0.463 e. The van der Waals surface area contributed by atoms with E-state index in [-0.39, 0.29) is 4.90 Å². The lowest BCUT2D eigenvalue weighted by Gasteiger charge is -2.11. The fraction of sp³-hybridized carbons (Fsp3) is 0.214. The van der Waals surface area contributed by atoms with Gasteiger partial charge >= 0.3 is 0 Å². The maximum Gasteiger partial charge on any atom is 0.277 e. The van der Waals surface area contributed by atoms with Gasteiger partial charge in [-0.25, -0.2) is 0 Å². The van der Waals surface area contributed by atoms with E-state index in [1.54, 1.807) is 26.0 Å². The van der Waals surface area contributed by atoms with Gasteiger partial charge < -0.3 is 4.42 Å². The first kappa shape index (κ1) is 14.3. The summed E-state index contributed by atoms with van der Waals surface area (Å²) in [5.74, 6) is 0.477. The number of aryl methyl sites for hydroxylation is 3.